The van der Waals surface area contributed by atoms with Gasteiger partial charge >= 0.3 is 6.18 Å². The van der Waals surface area contributed by atoms with E-state index in [4.69, 9.17) is 12.2 Å². The molecule has 7 heteroatoms. The van der Waals surface area contributed by atoms with E-state index in [1.54, 1.807) is 0 Å². The van der Waals surface area contributed by atoms with Gasteiger partial charge in [0.15, 0.2) is 5.11 Å². The Kier molecular flexibility index (Phi) is 5.04. The van der Waals surface area contributed by atoms with E-state index < -0.39 is 11.7 Å². The number of benzene rings is 2. The fourth-order valence-corrected chi connectivity index (χ4v) is 2.16. The van der Waals surface area contributed by atoms with E-state index in [0.29, 0.717) is 10.8 Å². The van der Waals surface area contributed by atoms with Crippen LogP contribution in [0.2, 0.25) is 0 Å². The number of thiocarbonyl (C=S) groups is 1. The second-order valence-corrected chi connectivity index (χ2v) is 5.82. The van der Waals surface area contributed by atoms with Crippen LogP contribution in [0.5, 0.6) is 0 Å². The fraction of sp³-hybridized carbons (Fsp3) is 0.0714. The highest BCUT2D eigenvalue weighted by Gasteiger charge is 2.29. The summed E-state index contributed by atoms with van der Waals surface area (Å²) in [6.45, 7) is 0. The van der Waals surface area contributed by atoms with Gasteiger partial charge in [0.1, 0.15) is 0 Å². The first kappa shape index (κ1) is 16.0. The quantitative estimate of drug-likeness (QED) is 0.519. The Morgan fingerprint density at radius 3 is 1.71 bits per heavy atom. The minimum Gasteiger partial charge on any atom is -0.332 e. The van der Waals surface area contributed by atoms with E-state index in [-0.39, 0.29) is 0 Å². The smallest absolute Gasteiger partial charge is 0.332 e. The average Bonchev–Trinajstić information content (AvgIpc) is 2.41. The molecule has 0 saturated carbocycles. The standard InChI is InChI=1S/C14H10F3IN2S/c15-14(16,17)9-1-5-11(6-2-9)19-13(21)20-12-7-3-10(18)4-8-12/h1-8H,(H2,19,20,21). The number of hydrogen-bond donors (Lipinski definition) is 2. The van der Waals surface area contributed by atoms with Gasteiger partial charge in [-0.25, -0.2) is 0 Å². The Hall–Kier alpha value is -1.35. The van der Waals surface area contributed by atoms with E-state index in [0.717, 1.165) is 21.4 Å². The fourth-order valence-electron chi connectivity index (χ4n) is 1.57. The maximum atomic E-state index is 12.4. The number of alkyl halides is 3. The zero-order valence-corrected chi connectivity index (χ0v) is 13.5. The van der Waals surface area contributed by atoms with Crippen molar-refractivity contribution < 1.29 is 13.2 Å². The van der Waals surface area contributed by atoms with Crippen molar-refractivity contribution >= 4 is 51.3 Å². The Morgan fingerprint density at radius 1 is 0.857 bits per heavy atom. The van der Waals surface area contributed by atoms with Crippen molar-refractivity contribution in [2.75, 3.05) is 10.6 Å². The monoisotopic (exact) mass is 422 g/mol. The topological polar surface area (TPSA) is 24.1 Å². The first-order chi connectivity index (χ1) is 9.84. The first-order valence-electron chi connectivity index (χ1n) is 5.85. The van der Waals surface area contributed by atoms with Crippen LogP contribution < -0.4 is 10.6 Å². The van der Waals surface area contributed by atoms with Crippen molar-refractivity contribution in [2.24, 2.45) is 0 Å². The minimum absolute atomic E-state index is 0.316. The van der Waals surface area contributed by atoms with Gasteiger partial charge in [0, 0.05) is 14.9 Å². The van der Waals surface area contributed by atoms with Crippen LogP contribution >= 0.6 is 34.8 Å². The van der Waals surface area contributed by atoms with Crippen LogP contribution in [0.15, 0.2) is 48.5 Å². The van der Waals surface area contributed by atoms with Gasteiger partial charge in [0.25, 0.3) is 0 Å². The summed E-state index contributed by atoms with van der Waals surface area (Å²) in [5.41, 5.74) is 0.607. The third-order valence-electron chi connectivity index (χ3n) is 2.57. The normalized spacial score (nSPS) is 11.0. The zero-order valence-electron chi connectivity index (χ0n) is 10.5. The number of halogens is 4. The summed E-state index contributed by atoms with van der Waals surface area (Å²) >= 11 is 7.30. The Balaban J connectivity index is 1.98. The third-order valence-corrected chi connectivity index (χ3v) is 3.50. The maximum Gasteiger partial charge on any atom is 0.416 e. The van der Waals surface area contributed by atoms with E-state index in [1.165, 1.54) is 12.1 Å². The lowest BCUT2D eigenvalue weighted by Crippen LogP contribution is -2.19. The Labute approximate surface area is 138 Å². The highest BCUT2D eigenvalue weighted by molar-refractivity contribution is 14.1. The molecule has 2 rings (SSSR count). The predicted octanol–water partition coefficient (Wildman–Crippen LogP) is 5.12. The molecule has 0 fully saturated rings. The van der Waals surface area contributed by atoms with Gasteiger partial charge in [-0.3, -0.25) is 0 Å². The van der Waals surface area contributed by atoms with Crippen molar-refractivity contribution in [3.63, 3.8) is 0 Å². The molecule has 2 nitrogen and oxygen atoms in total. The zero-order chi connectivity index (χ0) is 15.5. The molecular formula is C14H10F3IN2S. The van der Waals surface area contributed by atoms with Crippen LogP contribution in [0.1, 0.15) is 5.56 Å². The summed E-state index contributed by atoms with van der Waals surface area (Å²) in [6.07, 6.45) is -4.33. The number of anilines is 2. The minimum atomic E-state index is -4.33. The van der Waals surface area contributed by atoms with E-state index in [9.17, 15) is 13.2 Å². The molecule has 0 aliphatic rings. The largest absolute Gasteiger partial charge is 0.416 e. The number of rotatable bonds is 2. The van der Waals surface area contributed by atoms with Gasteiger partial charge in [-0.15, -0.1) is 0 Å². The van der Waals surface area contributed by atoms with Crippen molar-refractivity contribution in [2.45, 2.75) is 6.18 Å². The van der Waals surface area contributed by atoms with Crippen LogP contribution in [0.3, 0.4) is 0 Å². The Morgan fingerprint density at radius 2 is 1.29 bits per heavy atom. The molecule has 0 radical (unpaired) electrons. The molecule has 0 spiro atoms. The lowest BCUT2D eigenvalue weighted by Gasteiger charge is -2.12. The second kappa shape index (κ2) is 6.61. The van der Waals surface area contributed by atoms with Crippen molar-refractivity contribution in [1.29, 1.82) is 0 Å². The highest BCUT2D eigenvalue weighted by atomic mass is 127. The summed E-state index contributed by atoms with van der Waals surface area (Å²) in [6, 6.07) is 12.3. The molecule has 0 unspecified atom stereocenters. The third kappa shape index (κ3) is 4.85. The molecule has 0 atom stereocenters. The number of nitrogens with one attached hydrogen (secondary N) is 2. The van der Waals surface area contributed by atoms with E-state index in [1.807, 2.05) is 24.3 Å². The molecule has 0 aliphatic carbocycles. The van der Waals surface area contributed by atoms with E-state index >= 15 is 0 Å². The highest BCUT2D eigenvalue weighted by Crippen LogP contribution is 2.29. The van der Waals surface area contributed by atoms with Gasteiger partial charge in [-0.2, -0.15) is 13.2 Å². The van der Waals surface area contributed by atoms with Crippen LogP contribution in [0, 0.1) is 3.57 Å². The summed E-state index contributed by atoms with van der Waals surface area (Å²) in [5, 5.41) is 6.11. The van der Waals surface area contributed by atoms with Crippen LogP contribution in [-0.2, 0) is 6.18 Å². The van der Waals surface area contributed by atoms with Crippen LogP contribution in [-0.4, -0.2) is 5.11 Å². The van der Waals surface area contributed by atoms with Gasteiger partial charge in [0.2, 0.25) is 0 Å². The van der Waals surface area contributed by atoms with Crippen LogP contribution in [0.25, 0.3) is 0 Å². The predicted molar refractivity (Wildman–Crippen MR) is 90.4 cm³/mol. The molecule has 0 aliphatic heterocycles. The average molecular weight is 422 g/mol. The molecule has 2 aromatic carbocycles. The van der Waals surface area contributed by atoms with Crippen LogP contribution in [0.4, 0.5) is 24.5 Å². The molecule has 0 bridgehead atoms. The van der Waals surface area contributed by atoms with Gasteiger partial charge in [0.05, 0.1) is 5.56 Å². The molecule has 0 saturated heterocycles. The molecule has 110 valence electrons. The van der Waals surface area contributed by atoms with Gasteiger partial charge in [-0.05, 0) is 83.3 Å². The summed E-state index contributed by atoms with van der Waals surface area (Å²) in [5.74, 6) is 0. The van der Waals surface area contributed by atoms with Crippen molar-refractivity contribution in [3.8, 4) is 0 Å². The summed E-state index contributed by atoms with van der Waals surface area (Å²) < 4.78 is 38.4. The molecule has 0 aromatic heterocycles. The van der Waals surface area contributed by atoms with Crippen molar-refractivity contribution in [1.82, 2.24) is 0 Å². The lowest BCUT2D eigenvalue weighted by molar-refractivity contribution is -0.137. The summed E-state index contributed by atoms with van der Waals surface area (Å²) in [7, 11) is 0. The lowest BCUT2D eigenvalue weighted by atomic mass is 10.2. The second-order valence-electron chi connectivity index (χ2n) is 4.16. The first-order valence-corrected chi connectivity index (χ1v) is 7.34. The van der Waals surface area contributed by atoms with Gasteiger partial charge in [-0.1, -0.05) is 0 Å². The molecular weight excluding hydrogens is 412 g/mol. The molecule has 21 heavy (non-hydrogen) atoms. The Bertz CT molecular complexity index is 624. The molecule has 2 aromatic rings. The molecule has 2 N–H and O–H groups in total. The SMILES string of the molecule is FC(F)(F)c1ccc(NC(=S)Nc2ccc(I)cc2)cc1. The van der Waals surface area contributed by atoms with Crippen molar-refractivity contribution in [3.05, 3.63) is 57.7 Å². The molecule has 0 amide bonds. The molecule has 0 heterocycles. The number of hydrogen-bond acceptors (Lipinski definition) is 1. The van der Waals surface area contributed by atoms with E-state index in [2.05, 4.69) is 33.2 Å². The maximum absolute atomic E-state index is 12.4. The van der Waals surface area contributed by atoms with Gasteiger partial charge < -0.3 is 10.6 Å². The summed E-state index contributed by atoms with van der Waals surface area (Å²) in [4.78, 5) is 0.